The van der Waals surface area contributed by atoms with E-state index >= 15 is 0 Å². The third-order valence-corrected chi connectivity index (χ3v) is 3.68. The number of nitrogens with one attached hydrogen (secondary N) is 2. The Morgan fingerprint density at radius 1 is 1.16 bits per heavy atom. The predicted molar refractivity (Wildman–Crippen MR) is 77.1 cm³/mol. The Balaban J connectivity index is 1.70. The maximum absolute atomic E-state index is 11.7. The van der Waals surface area contributed by atoms with Gasteiger partial charge in [0.2, 0.25) is 0 Å². The monoisotopic (exact) mass is 261 g/mol. The lowest BCUT2D eigenvalue weighted by Gasteiger charge is -2.20. The minimum atomic E-state index is -0.152. The molecule has 0 saturated heterocycles. The molecule has 104 valence electrons. The van der Waals surface area contributed by atoms with E-state index in [9.17, 15) is 4.79 Å². The van der Waals surface area contributed by atoms with Crippen molar-refractivity contribution >= 4 is 11.8 Å². The van der Waals surface area contributed by atoms with Crippen molar-refractivity contribution in [2.24, 2.45) is 5.92 Å². The first kappa shape index (κ1) is 13.8. The molecule has 2 amide bonds. The van der Waals surface area contributed by atoms with Gasteiger partial charge in [-0.25, -0.2) is 9.78 Å². The Morgan fingerprint density at radius 3 is 2.58 bits per heavy atom. The molecule has 1 aromatic heterocycles. The van der Waals surface area contributed by atoms with E-state index in [4.69, 9.17) is 0 Å². The van der Waals surface area contributed by atoms with Gasteiger partial charge < -0.3 is 5.32 Å². The summed E-state index contributed by atoms with van der Waals surface area (Å²) in [6, 6.07) is 5.32. The number of amides is 2. The highest BCUT2D eigenvalue weighted by molar-refractivity contribution is 5.88. The van der Waals surface area contributed by atoms with Gasteiger partial charge in [-0.3, -0.25) is 5.32 Å². The quantitative estimate of drug-likeness (QED) is 0.874. The first-order valence-electron chi connectivity index (χ1n) is 7.30. The first-order chi connectivity index (χ1) is 9.34. The van der Waals surface area contributed by atoms with Crippen LogP contribution in [0.4, 0.5) is 10.6 Å². The van der Waals surface area contributed by atoms with Crippen molar-refractivity contribution in [2.45, 2.75) is 44.9 Å². The molecule has 2 N–H and O–H groups in total. The first-order valence-corrected chi connectivity index (χ1v) is 7.30. The number of hydrogen-bond donors (Lipinski definition) is 2. The summed E-state index contributed by atoms with van der Waals surface area (Å²) in [4.78, 5) is 15.8. The van der Waals surface area contributed by atoms with Gasteiger partial charge in [-0.2, -0.15) is 0 Å². The molecule has 1 aromatic rings. The van der Waals surface area contributed by atoms with Gasteiger partial charge in [0.15, 0.2) is 0 Å². The summed E-state index contributed by atoms with van der Waals surface area (Å²) in [6.07, 6.45) is 10.8. The van der Waals surface area contributed by atoms with Crippen molar-refractivity contribution in [1.29, 1.82) is 0 Å². The number of aromatic nitrogens is 1. The Morgan fingerprint density at radius 2 is 1.89 bits per heavy atom. The molecule has 1 aliphatic carbocycles. The number of carbonyl (C=O) groups is 1. The minimum Gasteiger partial charge on any atom is -0.338 e. The second kappa shape index (κ2) is 7.77. The molecule has 0 unspecified atom stereocenters. The van der Waals surface area contributed by atoms with Crippen LogP contribution in [-0.4, -0.2) is 17.6 Å². The highest BCUT2D eigenvalue weighted by Crippen LogP contribution is 2.21. The van der Waals surface area contributed by atoms with Crippen LogP contribution in [0.5, 0.6) is 0 Å². The van der Waals surface area contributed by atoms with Crippen LogP contribution in [0, 0.1) is 5.92 Å². The Bertz CT molecular complexity index is 372. The van der Waals surface area contributed by atoms with E-state index in [0.717, 1.165) is 6.54 Å². The number of carbonyl (C=O) groups excluding carboxylic acids is 1. The average Bonchev–Trinajstić information content (AvgIpc) is 2.38. The zero-order chi connectivity index (χ0) is 13.3. The maximum atomic E-state index is 11.7. The summed E-state index contributed by atoms with van der Waals surface area (Å²) in [5.74, 6) is 1.23. The van der Waals surface area contributed by atoms with Crippen molar-refractivity contribution < 1.29 is 4.79 Å². The van der Waals surface area contributed by atoms with Crippen LogP contribution in [0.1, 0.15) is 44.9 Å². The molecule has 0 radical (unpaired) electrons. The van der Waals surface area contributed by atoms with Gasteiger partial charge >= 0.3 is 6.03 Å². The average molecular weight is 261 g/mol. The molecule has 0 spiro atoms. The molecule has 0 bridgehead atoms. The molecule has 1 fully saturated rings. The molecule has 0 aromatic carbocycles. The lowest BCUT2D eigenvalue weighted by Crippen LogP contribution is -2.33. The summed E-state index contributed by atoms with van der Waals surface area (Å²) in [6.45, 7) is 0.776. The van der Waals surface area contributed by atoms with Crippen molar-refractivity contribution in [3.8, 4) is 0 Å². The standard InChI is InChI=1S/C15H23N3O/c19-15(18-14-10-6-7-11-16-14)17-12-13-8-4-2-1-3-5-9-13/h6-7,10-11,13H,1-5,8-9,12H2,(H2,16,17,18,19). The normalized spacial score (nSPS) is 17.3. The van der Waals surface area contributed by atoms with Crippen LogP contribution in [0.2, 0.25) is 0 Å². The van der Waals surface area contributed by atoms with Gasteiger partial charge in [0.1, 0.15) is 5.82 Å². The fourth-order valence-corrected chi connectivity index (χ4v) is 2.58. The maximum Gasteiger partial charge on any atom is 0.320 e. The van der Waals surface area contributed by atoms with Crippen LogP contribution in [-0.2, 0) is 0 Å². The van der Waals surface area contributed by atoms with E-state index in [1.165, 1.54) is 44.9 Å². The number of anilines is 1. The number of hydrogen-bond acceptors (Lipinski definition) is 2. The Labute approximate surface area is 115 Å². The Hall–Kier alpha value is -1.58. The van der Waals surface area contributed by atoms with Crippen molar-refractivity contribution in [3.05, 3.63) is 24.4 Å². The van der Waals surface area contributed by atoms with E-state index in [1.54, 1.807) is 12.3 Å². The molecule has 4 nitrogen and oxygen atoms in total. The number of rotatable bonds is 3. The van der Waals surface area contributed by atoms with Gasteiger partial charge in [0, 0.05) is 12.7 Å². The summed E-state index contributed by atoms with van der Waals surface area (Å²) in [5.41, 5.74) is 0. The largest absolute Gasteiger partial charge is 0.338 e. The summed E-state index contributed by atoms with van der Waals surface area (Å²) >= 11 is 0. The Kier molecular flexibility index (Phi) is 5.66. The molecule has 4 heteroatoms. The SMILES string of the molecule is O=C(NCC1CCCCCCC1)Nc1ccccn1. The van der Waals surface area contributed by atoms with Gasteiger partial charge in [-0.15, -0.1) is 0 Å². The number of urea groups is 1. The molecule has 1 aliphatic rings. The van der Waals surface area contributed by atoms with Crippen molar-refractivity contribution in [1.82, 2.24) is 10.3 Å². The van der Waals surface area contributed by atoms with E-state index in [1.807, 2.05) is 12.1 Å². The molecule has 1 saturated carbocycles. The zero-order valence-electron chi connectivity index (χ0n) is 11.4. The second-order valence-corrected chi connectivity index (χ2v) is 5.26. The summed E-state index contributed by atoms with van der Waals surface area (Å²) in [7, 11) is 0. The fourth-order valence-electron chi connectivity index (χ4n) is 2.58. The van der Waals surface area contributed by atoms with Gasteiger partial charge in [0.05, 0.1) is 0 Å². The van der Waals surface area contributed by atoms with E-state index in [0.29, 0.717) is 11.7 Å². The van der Waals surface area contributed by atoms with Crippen LogP contribution in [0.25, 0.3) is 0 Å². The van der Waals surface area contributed by atoms with Crippen LogP contribution in [0.3, 0.4) is 0 Å². The molecular weight excluding hydrogens is 238 g/mol. The molecule has 1 heterocycles. The molecule has 0 aliphatic heterocycles. The highest BCUT2D eigenvalue weighted by Gasteiger charge is 2.12. The minimum absolute atomic E-state index is 0.152. The molecule has 0 atom stereocenters. The fraction of sp³-hybridized carbons (Fsp3) is 0.600. The number of pyridine rings is 1. The highest BCUT2D eigenvalue weighted by atomic mass is 16.2. The predicted octanol–water partition coefficient (Wildman–Crippen LogP) is 3.56. The molecular formula is C15H23N3O. The van der Waals surface area contributed by atoms with Gasteiger partial charge in [0.25, 0.3) is 0 Å². The van der Waals surface area contributed by atoms with Crippen LogP contribution < -0.4 is 10.6 Å². The van der Waals surface area contributed by atoms with Gasteiger partial charge in [-0.1, -0.05) is 38.2 Å². The van der Waals surface area contributed by atoms with Crippen LogP contribution in [0.15, 0.2) is 24.4 Å². The van der Waals surface area contributed by atoms with E-state index < -0.39 is 0 Å². The lowest BCUT2D eigenvalue weighted by molar-refractivity contribution is 0.248. The third-order valence-electron chi connectivity index (χ3n) is 3.68. The second-order valence-electron chi connectivity index (χ2n) is 5.26. The van der Waals surface area contributed by atoms with Crippen molar-refractivity contribution in [3.63, 3.8) is 0 Å². The van der Waals surface area contributed by atoms with E-state index in [-0.39, 0.29) is 6.03 Å². The zero-order valence-corrected chi connectivity index (χ0v) is 11.4. The lowest BCUT2D eigenvalue weighted by atomic mass is 9.91. The van der Waals surface area contributed by atoms with Gasteiger partial charge in [-0.05, 0) is 30.9 Å². The number of nitrogens with zero attached hydrogens (tertiary/aromatic N) is 1. The smallest absolute Gasteiger partial charge is 0.320 e. The molecule has 2 rings (SSSR count). The van der Waals surface area contributed by atoms with Crippen molar-refractivity contribution in [2.75, 3.05) is 11.9 Å². The molecule has 19 heavy (non-hydrogen) atoms. The third kappa shape index (κ3) is 5.28. The summed E-state index contributed by atoms with van der Waals surface area (Å²) < 4.78 is 0. The topological polar surface area (TPSA) is 54.0 Å². The van der Waals surface area contributed by atoms with E-state index in [2.05, 4.69) is 15.6 Å². The summed E-state index contributed by atoms with van der Waals surface area (Å²) in [5, 5.41) is 5.71. The van der Waals surface area contributed by atoms with Crippen LogP contribution >= 0.6 is 0 Å².